The van der Waals surface area contributed by atoms with E-state index in [9.17, 15) is 9.90 Å². The third kappa shape index (κ3) is 6.76. The van der Waals surface area contributed by atoms with Gasteiger partial charge in [-0.15, -0.1) is 10.2 Å². The number of thioether (sulfide) groups is 1. The van der Waals surface area contributed by atoms with Crippen LogP contribution in [-0.4, -0.2) is 40.1 Å². The second kappa shape index (κ2) is 12.7. The largest absolute Gasteiger partial charge is 0.497 e. The second-order valence-electron chi connectivity index (χ2n) is 8.05. The fourth-order valence-electron chi connectivity index (χ4n) is 3.59. The van der Waals surface area contributed by atoms with Crippen molar-refractivity contribution in [3.05, 3.63) is 87.2 Å². The lowest BCUT2D eigenvalue weighted by molar-refractivity contribution is -0.131. The highest BCUT2D eigenvalue weighted by molar-refractivity contribution is 9.10. The number of ether oxygens (including phenoxy) is 3. The predicted octanol–water partition coefficient (Wildman–Crippen LogP) is 6.54. The van der Waals surface area contributed by atoms with E-state index in [1.54, 1.807) is 26.4 Å². The van der Waals surface area contributed by atoms with Crippen molar-refractivity contribution < 1.29 is 24.1 Å². The number of carboxylic acid groups (broad SMARTS) is 1. The molecule has 38 heavy (non-hydrogen) atoms. The van der Waals surface area contributed by atoms with Gasteiger partial charge in [-0.1, -0.05) is 40.2 Å². The fraction of sp³-hybridized carbons (Fsp3) is 0.179. The molecule has 0 radical (unpaired) electrons. The maximum absolute atomic E-state index is 12.1. The summed E-state index contributed by atoms with van der Waals surface area (Å²) in [5.74, 6) is 1.47. The molecule has 0 amide bonds. The third-order valence-corrected chi connectivity index (χ3v) is 7.08. The molecular formula is C28H26BrN3O5S. The molecule has 0 aliphatic rings. The summed E-state index contributed by atoms with van der Waals surface area (Å²) in [5.41, 5.74) is 2.53. The molecule has 3 aromatic carbocycles. The van der Waals surface area contributed by atoms with E-state index in [-0.39, 0.29) is 4.91 Å². The number of benzene rings is 3. The number of hydrogen-bond donors (Lipinski definition) is 1. The number of carboxylic acids is 1. The van der Waals surface area contributed by atoms with Crippen LogP contribution in [0, 0.1) is 0 Å². The molecule has 0 bridgehead atoms. The van der Waals surface area contributed by atoms with Gasteiger partial charge < -0.3 is 23.9 Å². The first kappa shape index (κ1) is 27.3. The Morgan fingerprint density at radius 2 is 1.63 bits per heavy atom. The minimum absolute atomic E-state index is 0.116. The van der Waals surface area contributed by atoms with E-state index in [0.717, 1.165) is 32.9 Å². The van der Waals surface area contributed by atoms with Gasteiger partial charge in [0, 0.05) is 22.6 Å². The van der Waals surface area contributed by atoms with Gasteiger partial charge >= 0.3 is 5.97 Å². The van der Waals surface area contributed by atoms with Crippen molar-refractivity contribution in [3.8, 4) is 28.6 Å². The van der Waals surface area contributed by atoms with Crippen molar-refractivity contribution in [2.24, 2.45) is 0 Å². The first-order valence-corrected chi connectivity index (χ1v) is 13.3. The van der Waals surface area contributed by atoms with Gasteiger partial charge in [-0.25, -0.2) is 4.79 Å². The molecule has 0 saturated heterocycles. The van der Waals surface area contributed by atoms with E-state index < -0.39 is 5.97 Å². The summed E-state index contributed by atoms with van der Waals surface area (Å²) in [4.78, 5) is 12.2. The average molecular weight is 597 g/mol. The molecule has 4 aromatic rings. The van der Waals surface area contributed by atoms with Crippen molar-refractivity contribution in [2.75, 3.05) is 14.2 Å². The Labute approximate surface area is 233 Å². The van der Waals surface area contributed by atoms with E-state index in [2.05, 4.69) is 26.1 Å². The van der Waals surface area contributed by atoms with Crippen LogP contribution in [0.5, 0.6) is 17.2 Å². The molecule has 196 valence electrons. The number of methoxy groups -OCH3 is 2. The van der Waals surface area contributed by atoms with Gasteiger partial charge in [-0.3, -0.25) is 0 Å². The lowest BCUT2D eigenvalue weighted by atomic mass is 10.2. The van der Waals surface area contributed by atoms with Crippen LogP contribution < -0.4 is 14.2 Å². The van der Waals surface area contributed by atoms with Crippen molar-refractivity contribution in [1.29, 1.82) is 0 Å². The smallest absolute Gasteiger partial charge is 0.342 e. The zero-order valence-corrected chi connectivity index (χ0v) is 23.5. The lowest BCUT2D eigenvalue weighted by Crippen LogP contribution is -2.03. The van der Waals surface area contributed by atoms with Gasteiger partial charge in [-0.2, -0.15) is 0 Å². The van der Waals surface area contributed by atoms with Crippen LogP contribution in [0.2, 0.25) is 0 Å². The van der Waals surface area contributed by atoms with Crippen LogP contribution in [0.15, 0.2) is 81.3 Å². The SMILES string of the molecule is CCn1c(S/C(=C\c2ccc(OCc3ccc(Br)cc3)cc2)C(=O)O)nnc1-c1cc(OC)cc(OC)c1. The van der Waals surface area contributed by atoms with E-state index in [0.29, 0.717) is 41.4 Å². The van der Waals surface area contributed by atoms with Crippen LogP contribution in [0.25, 0.3) is 17.5 Å². The van der Waals surface area contributed by atoms with Crippen LogP contribution in [-0.2, 0) is 17.9 Å². The molecule has 1 heterocycles. The number of hydrogen-bond acceptors (Lipinski definition) is 7. The molecular weight excluding hydrogens is 570 g/mol. The van der Waals surface area contributed by atoms with E-state index in [4.69, 9.17) is 14.2 Å². The second-order valence-corrected chi connectivity index (χ2v) is 9.98. The zero-order chi connectivity index (χ0) is 27.1. The molecule has 0 aliphatic heterocycles. The summed E-state index contributed by atoms with van der Waals surface area (Å²) < 4.78 is 19.5. The Balaban J connectivity index is 1.53. The molecule has 0 unspecified atom stereocenters. The quantitative estimate of drug-likeness (QED) is 0.154. The van der Waals surface area contributed by atoms with Gasteiger partial charge in [0.15, 0.2) is 11.0 Å². The standard InChI is InChI=1S/C28H26BrN3O5S/c1-4-32-26(20-14-23(35-2)16-24(15-20)36-3)30-31-28(32)38-25(27(33)34)13-18-7-11-22(12-8-18)37-17-19-5-9-21(29)10-6-19/h5-16H,4,17H2,1-3H3,(H,33,34)/b25-13-. The molecule has 0 aliphatic carbocycles. The highest BCUT2D eigenvalue weighted by atomic mass is 79.9. The molecule has 0 atom stereocenters. The Morgan fingerprint density at radius 3 is 2.21 bits per heavy atom. The van der Waals surface area contributed by atoms with Crippen molar-refractivity contribution >= 4 is 39.7 Å². The van der Waals surface area contributed by atoms with Gasteiger partial charge in [0.05, 0.1) is 14.2 Å². The molecule has 8 nitrogen and oxygen atoms in total. The maximum Gasteiger partial charge on any atom is 0.342 e. The van der Waals surface area contributed by atoms with Gasteiger partial charge in [0.25, 0.3) is 0 Å². The van der Waals surface area contributed by atoms with Crippen LogP contribution in [0.1, 0.15) is 18.1 Å². The van der Waals surface area contributed by atoms with E-state index in [1.807, 2.05) is 72.2 Å². The molecule has 1 N–H and O–H groups in total. The number of carbonyl (C=O) groups is 1. The van der Waals surface area contributed by atoms with Crippen LogP contribution in [0.4, 0.5) is 0 Å². The lowest BCUT2D eigenvalue weighted by Gasteiger charge is -2.10. The Hall–Kier alpha value is -3.76. The van der Waals surface area contributed by atoms with E-state index in [1.165, 1.54) is 0 Å². The fourth-order valence-corrected chi connectivity index (χ4v) is 4.74. The zero-order valence-electron chi connectivity index (χ0n) is 21.1. The van der Waals surface area contributed by atoms with Crippen molar-refractivity contribution in [3.63, 3.8) is 0 Å². The van der Waals surface area contributed by atoms with Crippen LogP contribution >= 0.6 is 27.7 Å². The summed E-state index contributed by atoms with van der Waals surface area (Å²) in [6, 6.07) is 20.6. The molecule has 4 rings (SSSR count). The minimum atomic E-state index is -1.05. The first-order valence-electron chi connectivity index (χ1n) is 11.7. The summed E-state index contributed by atoms with van der Waals surface area (Å²) in [6.45, 7) is 2.93. The van der Waals surface area contributed by atoms with Crippen molar-refractivity contribution in [2.45, 2.75) is 25.2 Å². The summed E-state index contributed by atoms with van der Waals surface area (Å²) in [5, 5.41) is 19.0. The van der Waals surface area contributed by atoms with Crippen LogP contribution in [0.3, 0.4) is 0 Å². The number of halogens is 1. The predicted molar refractivity (Wildman–Crippen MR) is 151 cm³/mol. The number of aromatic nitrogens is 3. The average Bonchev–Trinajstić information content (AvgIpc) is 3.35. The molecule has 0 fully saturated rings. The Kier molecular flexibility index (Phi) is 9.09. The molecule has 0 spiro atoms. The maximum atomic E-state index is 12.1. The molecule has 10 heteroatoms. The highest BCUT2D eigenvalue weighted by Crippen LogP contribution is 2.33. The summed E-state index contributed by atoms with van der Waals surface area (Å²) >= 11 is 4.47. The Morgan fingerprint density at radius 1 is 0.974 bits per heavy atom. The number of aliphatic carboxylic acids is 1. The van der Waals surface area contributed by atoms with E-state index >= 15 is 0 Å². The topological polar surface area (TPSA) is 95.7 Å². The number of rotatable bonds is 11. The number of nitrogens with zero attached hydrogens (tertiary/aromatic N) is 3. The van der Waals surface area contributed by atoms with Gasteiger partial charge in [0.1, 0.15) is 28.8 Å². The highest BCUT2D eigenvalue weighted by Gasteiger charge is 2.19. The summed E-state index contributed by atoms with van der Waals surface area (Å²) in [7, 11) is 3.16. The molecule has 1 aromatic heterocycles. The third-order valence-electron chi connectivity index (χ3n) is 5.55. The molecule has 0 saturated carbocycles. The van der Waals surface area contributed by atoms with Crippen molar-refractivity contribution in [1.82, 2.24) is 14.8 Å². The Bertz CT molecular complexity index is 1410. The monoisotopic (exact) mass is 595 g/mol. The summed E-state index contributed by atoms with van der Waals surface area (Å²) in [6.07, 6.45) is 1.61. The minimum Gasteiger partial charge on any atom is -0.497 e. The normalized spacial score (nSPS) is 11.3. The van der Waals surface area contributed by atoms with Gasteiger partial charge in [0.2, 0.25) is 0 Å². The first-order chi connectivity index (χ1) is 18.4. The van der Waals surface area contributed by atoms with Gasteiger partial charge in [-0.05, 0) is 72.3 Å².